The number of benzene rings is 1. The lowest BCUT2D eigenvalue weighted by atomic mass is 10.0. The monoisotopic (exact) mass is 276 g/mol. The number of piperazine rings is 1. The zero-order valence-corrected chi connectivity index (χ0v) is 12.6. The summed E-state index contributed by atoms with van der Waals surface area (Å²) in [6.45, 7) is 11.8. The zero-order chi connectivity index (χ0) is 14.7. The molecule has 110 valence electrons. The molecule has 1 aliphatic heterocycles. The number of carboxylic acid groups (broad SMARTS) is 1. The van der Waals surface area contributed by atoms with Crippen molar-refractivity contribution in [1.82, 2.24) is 9.80 Å². The maximum atomic E-state index is 11.0. The molecule has 1 aromatic rings. The van der Waals surface area contributed by atoms with E-state index in [1.807, 2.05) is 13.0 Å². The van der Waals surface area contributed by atoms with Crippen LogP contribution in [0.3, 0.4) is 0 Å². The molecule has 0 aromatic heterocycles. The molecule has 0 bridgehead atoms. The van der Waals surface area contributed by atoms with E-state index in [-0.39, 0.29) is 0 Å². The first-order valence-corrected chi connectivity index (χ1v) is 7.30. The topological polar surface area (TPSA) is 43.8 Å². The molecular formula is C16H24N2O2. The summed E-state index contributed by atoms with van der Waals surface area (Å²) in [5, 5.41) is 9.00. The lowest BCUT2D eigenvalue weighted by molar-refractivity contribution is 0.0696. The molecule has 20 heavy (non-hydrogen) atoms. The van der Waals surface area contributed by atoms with Gasteiger partial charge in [0.15, 0.2) is 0 Å². The summed E-state index contributed by atoms with van der Waals surface area (Å²) in [5.74, 6) is -0.857. The SMILES string of the molecule is CCN1CCN(Cc2ccc(C(=O)O)cc2C)CC1C. The number of carbonyl (C=O) groups is 1. The van der Waals surface area contributed by atoms with Gasteiger partial charge in [-0.2, -0.15) is 0 Å². The van der Waals surface area contributed by atoms with Gasteiger partial charge in [-0.3, -0.25) is 9.80 Å². The van der Waals surface area contributed by atoms with E-state index in [0.29, 0.717) is 11.6 Å². The zero-order valence-electron chi connectivity index (χ0n) is 12.6. The van der Waals surface area contributed by atoms with E-state index in [4.69, 9.17) is 5.11 Å². The Morgan fingerprint density at radius 1 is 1.40 bits per heavy atom. The van der Waals surface area contributed by atoms with E-state index in [9.17, 15) is 4.79 Å². The fraction of sp³-hybridized carbons (Fsp3) is 0.562. The highest BCUT2D eigenvalue weighted by atomic mass is 16.4. The van der Waals surface area contributed by atoms with Crippen LogP contribution in [0.5, 0.6) is 0 Å². The molecule has 4 heteroatoms. The minimum absolute atomic E-state index is 0.371. The number of likely N-dealkylation sites (N-methyl/N-ethyl adjacent to an activating group) is 1. The molecule has 1 aliphatic rings. The van der Waals surface area contributed by atoms with Gasteiger partial charge in [0.25, 0.3) is 0 Å². The number of aromatic carboxylic acids is 1. The molecule has 0 spiro atoms. The Hall–Kier alpha value is -1.39. The van der Waals surface area contributed by atoms with Crippen molar-refractivity contribution in [3.8, 4) is 0 Å². The Morgan fingerprint density at radius 3 is 2.70 bits per heavy atom. The number of hydrogen-bond donors (Lipinski definition) is 1. The lowest BCUT2D eigenvalue weighted by Gasteiger charge is -2.39. The van der Waals surface area contributed by atoms with Gasteiger partial charge >= 0.3 is 5.97 Å². The molecule has 0 saturated carbocycles. The highest BCUT2D eigenvalue weighted by Gasteiger charge is 2.22. The number of aryl methyl sites for hydroxylation is 1. The van der Waals surface area contributed by atoms with Crippen LogP contribution in [0.4, 0.5) is 0 Å². The van der Waals surface area contributed by atoms with Crippen molar-refractivity contribution in [1.29, 1.82) is 0 Å². The smallest absolute Gasteiger partial charge is 0.335 e. The van der Waals surface area contributed by atoms with Crippen molar-refractivity contribution in [3.63, 3.8) is 0 Å². The summed E-state index contributed by atoms with van der Waals surface area (Å²) in [6.07, 6.45) is 0. The van der Waals surface area contributed by atoms with E-state index in [1.165, 1.54) is 5.56 Å². The molecule has 0 radical (unpaired) electrons. The van der Waals surface area contributed by atoms with E-state index in [0.717, 1.165) is 38.3 Å². The van der Waals surface area contributed by atoms with Crippen molar-refractivity contribution in [2.45, 2.75) is 33.4 Å². The Kier molecular flexibility index (Phi) is 4.78. The molecule has 1 fully saturated rings. The predicted octanol–water partition coefficient (Wildman–Crippen LogP) is 2.22. The van der Waals surface area contributed by atoms with Gasteiger partial charge < -0.3 is 5.11 Å². The molecule has 2 rings (SSSR count). The van der Waals surface area contributed by atoms with Gasteiger partial charge in [0, 0.05) is 32.2 Å². The van der Waals surface area contributed by atoms with Crippen molar-refractivity contribution in [3.05, 3.63) is 34.9 Å². The molecule has 0 aliphatic carbocycles. The summed E-state index contributed by atoms with van der Waals surface area (Å²) < 4.78 is 0. The molecule has 1 heterocycles. The van der Waals surface area contributed by atoms with Gasteiger partial charge in [-0.15, -0.1) is 0 Å². The number of nitrogens with zero attached hydrogens (tertiary/aromatic N) is 2. The summed E-state index contributed by atoms with van der Waals surface area (Å²) in [7, 11) is 0. The number of rotatable bonds is 4. The third-order valence-electron chi connectivity index (χ3n) is 4.24. The second-order valence-corrected chi connectivity index (χ2v) is 5.66. The normalized spacial score (nSPS) is 21.1. The molecule has 1 atom stereocenters. The second-order valence-electron chi connectivity index (χ2n) is 5.66. The van der Waals surface area contributed by atoms with E-state index in [2.05, 4.69) is 23.6 Å². The second kappa shape index (κ2) is 6.37. The highest BCUT2D eigenvalue weighted by molar-refractivity contribution is 5.87. The first-order valence-electron chi connectivity index (χ1n) is 7.30. The van der Waals surface area contributed by atoms with E-state index >= 15 is 0 Å². The van der Waals surface area contributed by atoms with Crippen LogP contribution >= 0.6 is 0 Å². The molecule has 1 saturated heterocycles. The molecular weight excluding hydrogens is 252 g/mol. The Labute approximate surface area is 121 Å². The van der Waals surface area contributed by atoms with Crippen molar-refractivity contribution >= 4 is 5.97 Å². The third kappa shape index (κ3) is 3.38. The summed E-state index contributed by atoms with van der Waals surface area (Å²) in [5.41, 5.74) is 2.66. The van der Waals surface area contributed by atoms with Gasteiger partial charge in [0.1, 0.15) is 0 Å². The van der Waals surface area contributed by atoms with Crippen LogP contribution < -0.4 is 0 Å². The fourth-order valence-corrected chi connectivity index (χ4v) is 2.93. The van der Waals surface area contributed by atoms with Crippen molar-refractivity contribution < 1.29 is 9.90 Å². The summed E-state index contributed by atoms with van der Waals surface area (Å²) in [6, 6.07) is 6.02. The first kappa shape index (κ1) is 15.0. The average Bonchev–Trinajstić information content (AvgIpc) is 2.41. The Morgan fingerprint density at radius 2 is 2.15 bits per heavy atom. The van der Waals surface area contributed by atoms with Crippen molar-refractivity contribution in [2.75, 3.05) is 26.2 Å². The van der Waals surface area contributed by atoms with Gasteiger partial charge in [-0.25, -0.2) is 4.79 Å². The molecule has 1 N–H and O–H groups in total. The molecule has 4 nitrogen and oxygen atoms in total. The summed E-state index contributed by atoms with van der Waals surface area (Å²) in [4.78, 5) is 15.9. The maximum absolute atomic E-state index is 11.0. The quantitative estimate of drug-likeness (QED) is 0.916. The van der Waals surface area contributed by atoms with Crippen LogP contribution in [-0.2, 0) is 6.54 Å². The standard InChI is InChI=1S/C16H24N2O2/c1-4-18-8-7-17(10-13(18)3)11-15-6-5-14(16(19)20)9-12(15)2/h5-6,9,13H,4,7-8,10-11H2,1-3H3,(H,19,20). The van der Waals surface area contributed by atoms with Crippen LogP contribution in [0.2, 0.25) is 0 Å². The minimum atomic E-state index is -0.857. The average molecular weight is 276 g/mol. The Balaban J connectivity index is 2.02. The van der Waals surface area contributed by atoms with Crippen LogP contribution in [0.1, 0.15) is 35.3 Å². The van der Waals surface area contributed by atoms with Crippen molar-refractivity contribution in [2.24, 2.45) is 0 Å². The highest BCUT2D eigenvalue weighted by Crippen LogP contribution is 2.17. The van der Waals surface area contributed by atoms with Crippen LogP contribution in [-0.4, -0.2) is 53.1 Å². The lowest BCUT2D eigenvalue weighted by Crippen LogP contribution is -2.51. The third-order valence-corrected chi connectivity index (χ3v) is 4.24. The van der Waals surface area contributed by atoms with Gasteiger partial charge in [0.05, 0.1) is 5.56 Å². The predicted molar refractivity (Wildman–Crippen MR) is 80.1 cm³/mol. The Bertz CT molecular complexity index is 487. The van der Waals surface area contributed by atoms with Crippen LogP contribution in [0.25, 0.3) is 0 Å². The van der Waals surface area contributed by atoms with Crippen LogP contribution in [0.15, 0.2) is 18.2 Å². The first-order chi connectivity index (χ1) is 9.51. The molecule has 1 unspecified atom stereocenters. The van der Waals surface area contributed by atoms with Gasteiger partial charge in [-0.1, -0.05) is 13.0 Å². The number of carboxylic acids is 1. The molecule has 0 amide bonds. The maximum Gasteiger partial charge on any atom is 0.335 e. The van der Waals surface area contributed by atoms with Gasteiger partial charge in [-0.05, 0) is 43.7 Å². The number of hydrogen-bond acceptors (Lipinski definition) is 3. The minimum Gasteiger partial charge on any atom is -0.478 e. The van der Waals surface area contributed by atoms with Gasteiger partial charge in [0.2, 0.25) is 0 Å². The van der Waals surface area contributed by atoms with Crippen LogP contribution in [0, 0.1) is 6.92 Å². The summed E-state index contributed by atoms with van der Waals surface area (Å²) >= 11 is 0. The fourth-order valence-electron chi connectivity index (χ4n) is 2.93. The van der Waals surface area contributed by atoms with E-state index in [1.54, 1.807) is 12.1 Å². The molecule has 1 aromatic carbocycles. The van der Waals surface area contributed by atoms with E-state index < -0.39 is 5.97 Å². The largest absolute Gasteiger partial charge is 0.478 e.